The van der Waals surface area contributed by atoms with E-state index in [1.165, 1.54) is 11.3 Å². The third-order valence-electron chi connectivity index (χ3n) is 6.68. The molecular formula is C30H31N5O3S. The quantitative estimate of drug-likeness (QED) is 0.309. The highest BCUT2D eigenvalue weighted by Gasteiger charge is 2.19. The number of benzene rings is 2. The minimum absolute atomic E-state index is 0.113. The molecule has 0 aliphatic rings. The molecule has 0 radical (unpaired) electrons. The van der Waals surface area contributed by atoms with Crippen LogP contribution in [0.5, 0.6) is 5.75 Å². The molecule has 5 rings (SSSR count). The first-order valence-electron chi connectivity index (χ1n) is 13.0. The number of aryl methyl sites for hydroxylation is 2. The molecule has 9 heteroatoms. The van der Waals surface area contributed by atoms with Crippen LogP contribution in [0.1, 0.15) is 42.9 Å². The summed E-state index contributed by atoms with van der Waals surface area (Å²) in [4.78, 5) is 33.5. The highest BCUT2D eigenvalue weighted by atomic mass is 32.1. The smallest absolute Gasteiger partial charge is 0.279 e. The third kappa shape index (κ3) is 5.49. The van der Waals surface area contributed by atoms with E-state index >= 15 is 0 Å². The van der Waals surface area contributed by atoms with Crippen LogP contribution in [0.3, 0.4) is 0 Å². The number of ether oxygens (including phenoxy) is 1. The van der Waals surface area contributed by atoms with Gasteiger partial charge in [-0.1, -0.05) is 62.4 Å². The minimum atomic E-state index is -0.125. The summed E-state index contributed by atoms with van der Waals surface area (Å²) in [6, 6.07) is 17.6. The van der Waals surface area contributed by atoms with E-state index in [4.69, 9.17) is 9.72 Å². The molecule has 3 heterocycles. The standard InChI is InChI=1S/C30H31N5O3S/c1-5-9-24-26-27(34(4)33-24)30(37)35(25(32-26)18-21-10-7-6-8-11-21)16-17-38-23-14-12-22(13-15-23)19(2)28-29(36)31-20(3)39-28/h6-8,10-15H,3,5,9,16-18H2,1-2,4H3,(H,31,36)/b28-19+. The van der Waals surface area contributed by atoms with Gasteiger partial charge in [0, 0.05) is 13.5 Å². The van der Waals surface area contributed by atoms with Crippen molar-refractivity contribution in [3.05, 3.63) is 107 Å². The maximum atomic E-state index is 13.7. The van der Waals surface area contributed by atoms with Crippen LogP contribution >= 0.6 is 11.3 Å². The van der Waals surface area contributed by atoms with Crippen LogP contribution in [-0.2, 0) is 26.4 Å². The summed E-state index contributed by atoms with van der Waals surface area (Å²) in [5.41, 5.74) is 4.72. The average molecular weight is 542 g/mol. The number of H-pyrrole nitrogens is 1. The lowest BCUT2D eigenvalue weighted by atomic mass is 10.1. The van der Waals surface area contributed by atoms with Crippen LogP contribution in [0.2, 0.25) is 0 Å². The van der Waals surface area contributed by atoms with Crippen molar-refractivity contribution >= 4 is 34.5 Å². The Labute approximate surface area is 229 Å². The number of hydrogen-bond acceptors (Lipinski definition) is 6. The first-order valence-corrected chi connectivity index (χ1v) is 13.8. The first-order chi connectivity index (χ1) is 18.9. The van der Waals surface area contributed by atoms with Crippen molar-refractivity contribution in [3.63, 3.8) is 0 Å². The molecule has 5 aromatic rings. The molecule has 0 saturated carbocycles. The van der Waals surface area contributed by atoms with Gasteiger partial charge in [0.25, 0.3) is 11.1 Å². The Balaban J connectivity index is 1.41. The first kappa shape index (κ1) is 26.4. The SMILES string of the molecule is C=c1[nH]c(=O)/c(=C(/C)c2ccc(OCCn3c(Cc4ccccc4)nc4c(CCC)nn(C)c4c3=O)cc2)s1. The van der Waals surface area contributed by atoms with E-state index in [-0.39, 0.29) is 11.1 Å². The van der Waals surface area contributed by atoms with E-state index in [1.807, 2.05) is 61.5 Å². The predicted molar refractivity (Wildman–Crippen MR) is 156 cm³/mol. The van der Waals surface area contributed by atoms with Gasteiger partial charge in [-0.2, -0.15) is 5.10 Å². The van der Waals surface area contributed by atoms with Crippen molar-refractivity contribution in [1.29, 1.82) is 0 Å². The fourth-order valence-electron chi connectivity index (χ4n) is 4.72. The molecule has 0 saturated heterocycles. The lowest BCUT2D eigenvalue weighted by Crippen LogP contribution is -2.29. The fraction of sp³-hybridized carbons (Fsp3) is 0.267. The van der Waals surface area contributed by atoms with Crippen LogP contribution in [0.4, 0.5) is 0 Å². The molecule has 1 N–H and O–H groups in total. The number of nitrogens with one attached hydrogen (secondary N) is 1. The molecule has 8 nitrogen and oxygen atoms in total. The summed E-state index contributed by atoms with van der Waals surface area (Å²) in [5.74, 6) is 1.38. The molecule has 0 unspecified atom stereocenters. The zero-order valence-electron chi connectivity index (χ0n) is 22.4. The Morgan fingerprint density at radius 3 is 2.51 bits per heavy atom. The number of aromatic amines is 1. The van der Waals surface area contributed by atoms with Gasteiger partial charge in [0.05, 0.1) is 21.4 Å². The summed E-state index contributed by atoms with van der Waals surface area (Å²) in [5, 5.41) is 4.59. The van der Waals surface area contributed by atoms with Gasteiger partial charge in [0.15, 0.2) is 5.52 Å². The van der Waals surface area contributed by atoms with Crippen molar-refractivity contribution in [2.24, 2.45) is 7.05 Å². The number of fused-ring (bicyclic) bond motifs is 1. The summed E-state index contributed by atoms with van der Waals surface area (Å²) in [6.07, 6.45) is 2.23. The van der Waals surface area contributed by atoms with Crippen molar-refractivity contribution in [3.8, 4) is 5.75 Å². The molecule has 3 aromatic heterocycles. The number of rotatable bonds is 9. The highest BCUT2D eigenvalue weighted by Crippen LogP contribution is 2.19. The molecule has 39 heavy (non-hydrogen) atoms. The van der Waals surface area contributed by atoms with Gasteiger partial charge in [-0.15, -0.1) is 11.3 Å². The molecule has 0 aliphatic heterocycles. The summed E-state index contributed by atoms with van der Waals surface area (Å²) in [6.45, 7) is 8.47. The number of nitrogens with zero attached hydrogens (tertiary/aromatic N) is 4. The monoisotopic (exact) mass is 541 g/mol. The third-order valence-corrected chi connectivity index (χ3v) is 7.72. The summed E-state index contributed by atoms with van der Waals surface area (Å²) < 4.78 is 10.7. The highest BCUT2D eigenvalue weighted by molar-refractivity contribution is 7.07. The van der Waals surface area contributed by atoms with Gasteiger partial charge in [0.2, 0.25) is 0 Å². The van der Waals surface area contributed by atoms with Crippen molar-refractivity contribution in [2.75, 3.05) is 6.61 Å². The maximum Gasteiger partial charge on any atom is 0.279 e. The number of hydrogen-bond donors (Lipinski definition) is 1. The van der Waals surface area contributed by atoms with E-state index in [9.17, 15) is 9.59 Å². The van der Waals surface area contributed by atoms with Crippen molar-refractivity contribution < 1.29 is 4.74 Å². The fourth-order valence-corrected chi connectivity index (χ4v) is 5.53. The van der Waals surface area contributed by atoms with Gasteiger partial charge < -0.3 is 9.72 Å². The van der Waals surface area contributed by atoms with Gasteiger partial charge in [-0.3, -0.25) is 18.8 Å². The summed E-state index contributed by atoms with van der Waals surface area (Å²) in [7, 11) is 1.80. The second-order valence-corrected chi connectivity index (χ2v) is 10.6. The largest absolute Gasteiger partial charge is 0.492 e. The maximum absolute atomic E-state index is 13.7. The molecule has 0 bridgehead atoms. The van der Waals surface area contributed by atoms with E-state index in [0.717, 1.165) is 35.2 Å². The van der Waals surface area contributed by atoms with E-state index in [2.05, 4.69) is 23.6 Å². The van der Waals surface area contributed by atoms with Gasteiger partial charge in [-0.25, -0.2) is 4.98 Å². The molecule has 0 amide bonds. The zero-order valence-corrected chi connectivity index (χ0v) is 23.2. The molecule has 200 valence electrons. The van der Waals surface area contributed by atoms with Crippen molar-refractivity contribution in [2.45, 2.75) is 39.7 Å². The van der Waals surface area contributed by atoms with Gasteiger partial charge in [-0.05, 0) is 42.2 Å². The Kier molecular flexibility index (Phi) is 7.60. The molecule has 0 spiro atoms. The number of aromatic nitrogens is 5. The Hall–Kier alpha value is -4.24. The van der Waals surface area contributed by atoms with Gasteiger partial charge >= 0.3 is 0 Å². The Bertz CT molecular complexity index is 1850. The van der Waals surface area contributed by atoms with Crippen LogP contribution in [0.15, 0.2) is 64.2 Å². The minimum Gasteiger partial charge on any atom is -0.492 e. The Morgan fingerprint density at radius 2 is 1.85 bits per heavy atom. The van der Waals surface area contributed by atoms with Crippen LogP contribution in [-0.4, -0.2) is 30.9 Å². The predicted octanol–water partition coefficient (Wildman–Crippen LogP) is 3.13. The molecule has 2 aromatic carbocycles. The lowest BCUT2D eigenvalue weighted by molar-refractivity contribution is 0.294. The van der Waals surface area contributed by atoms with Crippen LogP contribution in [0, 0.1) is 0 Å². The van der Waals surface area contributed by atoms with E-state index < -0.39 is 0 Å². The lowest BCUT2D eigenvalue weighted by Gasteiger charge is -2.14. The Morgan fingerprint density at radius 1 is 1.10 bits per heavy atom. The second kappa shape index (κ2) is 11.2. The molecule has 0 aliphatic carbocycles. The second-order valence-electron chi connectivity index (χ2n) is 9.47. The average Bonchev–Trinajstić information content (AvgIpc) is 3.43. The summed E-state index contributed by atoms with van der Waals surface area (Å²) >= 11 is 1.35. The van der Waals surface area contributed by atoms with Crippen LogP contribution < -0.4 is 25.1 Å². The van der Waals surface area contributed by atoms with Crippen LogP contribution in [0.25, 0.3) is 23.2 Å². The van der Waals surface area contributed by atoms with E-state index in [1.54, 1.807) is 16.3 Å². The molecule has 0 fully saturated rings. The normalized spacial score (nSPS) is 12.2. The van der Waals surface area contributed by atoms with Gasteiger partial charge in [0.1, 0.15) is 23.7 Å². The van der Waals surface area contributed by atoms with E-state index in [0.29, 0.717) is 51.4 Å². The van der Waals surface area contributed by atoms with Crippen molar-refractivity contribution in [1.82, 2.24) is 24.3 Å². The topological polar surface area (TPSA) is 94.8 Å². The molecular weight excluding hydrogens is 510 g/mol. The molecule has 0 atom stereocenters. The number of thiazole rings is 1. The zero-order chi connectivity index (χ0) is 27.5.